The number of nitrogens with one attached hydrogen (secondary N) is 1. The molecular weight excluding hydrogens is 464 g/mol. The molecule has 3 aromatic heterocycles. The van der Waals surface area contributed by atoms with Gasteiger partial charge in [-0.1, -0.05) is 17.7 Å². The molecule has 2 N–H and O–H groups in total. The van der Waals surface area contributed by atoms with Crippen LogP contribution in [0.3, 0.4) is 0 Å². The number of amides is 1. The number of carbonyl (C=O) groups excluding carboxylic acids is 1. The summed E-state index contributed by atoms with van der Waals surface area (Å²) in [6, 6.07) is 11.5. The maximum absolute atomic E-state index is 13.4. The minimum absolute atomic E-state index is 0.0479. The first kappa shape index (κ1) is 22.1. The highest BCUT2D eigenvalue weighted by molar-refractivity contribution is 6.31. The monoisotopic (exact) mass is 488 g/mol. The Morgan fingerprint density at radius 1 is 1.20 bits per heavy atom. The molecule has 0 aliphatic carbocycles. The number of hydrogen-bond acceptors (Lipinski definition) is 5. The summed E-state index contributed by atoms with van der Waals surface area (Å²) in [4.78, 5) is 26.9. The van der Waals surface area contributed by atoms with Gasteiger partial charge in [-0.3, -0.25) is 9.78 Å². The van der Waals surface area contributed by atoms with Crippen LogP contribution in [0.4, 0.5) is 0 Å². The number of aromatic nitrogens is 3. The average molecular weight is 489 g/mol. The summed E-state index contributed by atoms with van der Waals surface area (Å²) in [5.41, 5.74) is 3.70. The van der Waals surface area contributed by atoms with Crippen LogP contribution in [0.15, 0.2) is 61.2 Å². The molecule has 8 heteroatoms. The van der Waals surface area contributed by atoms with E-state index in [0.717, 1.165) is 33.3 Å². The Labute approximate surface area is 207 Å². The standard InChI is InChI=1S/C27H25ClN4O3/c28-19-12-18-13-23(35-24(18)22(14-19)20-3-8-30-25-21(20)4-9-31-25)26(33)32-10-5-27(34,6-11-32)15-17-2-1-7-29-16-17/h1-4,7-9,12,14,16,23,34H,5-6,10-11,13,15H2,(H,30,31). The Morgan fingerprint density at radius 2 is 2.06 bits per heavy atom. The molecule has 1 aromatic carbocycles. The Bertz CT molecular complexity index is 1400. The molecule has 35 heavy (non-hydrogen) atoms. The summed E-state index contributed by atoms with van der Waals surface area (Å²) in [7, 11) is 0. The number of pyridine rings is 2. The van der Waals surface area contributed by atoms with E-state index >= 15 is 0 Å². The summed E-state index contributed by atoms with van der Waals surface area (Å²) in [6.07, 6.45) is 8.56. The third kappa shape index (κ3) is 4.15. The van der Waals surface area contributed by atoms with Gasteiger partial charge in [0.2, 0.25) is 0 Å². The Balaban J connectivity index is 1.19. The first-order valence-corrected chi connectivity index (χ1v) is 12.2. The second kappa shape index (κ2) is 8.66. The van der Waals surface area contributed by atoms with Crippen LogP contribution in [-0.2, 0) is 17.6 Å². The fourth-order valence-electron chi connectivity index (χ4n) is 5.26. The molecule has 1 amide bonds. The number of piperidine rings is 1. The first-order chi connectivity index (χ1) is 17.0. The van der Waals surface area contributed by atoms with Gasteiger partial charge in [0.25, 0.3) is 5.91 Å². The fraction of sp³-hybridized carbons (Fsp3) is 0.296. The van der Waals surface area contributed by atoms with Crippen LogP contribution in [-0.4, -0.2) is 55.7 Å². The van der Waals surface area contributed by atoms with E-state index < -0.39 is 11.7 Å². The molecule has 178 valence electrons. The largest absolute Gasteiger partial charge is 0.479 e. The van der Waals surface area contributed by atoms with E-state index in [1.54, 1.807) is 18.6 Å². The van der Waals surface area contributed by atoms with Crippen molar-refractivity contribution in [3.05, 3.63) is 77.3 Å². The van der Waals surface area contributed by atoms with Crippen molar-refractivity contribution in [1.82, 2.24) is 19.9 Å². The molecule has 6 rings (SSSR count). The number of halogens is 1. The molecule has 0 bridgehead atoms. The van der Waals surface area contributed by atoms with Crippen molar-refractivity contribution in [2.75, 3.05) is 13.1 Å². The zero-order chi connectivity index (χ0) is 24.0. The quantitative estimate of drug-likeness (QED) is 0.449. The SMILES string of the molecule is O=C(C1Cc2cc(Cl)cc(-c3ccnc4[nH]ccc34)c2O1)N1CCC(O)(Cc2cccnc2)CC1. The number of nitrogens with zero attached hydrogens (tertiary/aromatic N) is 3. The van der Waals surface area contributed by atoms with Gasteiger partial charge in [0.05, 0.1) is 5.60 Å². The number of carbonyl (C=O) groups is 1. The van der Waals surface area contributed by atoms with Crippen LogP contribution >= 0.6 is 11.6 Å². The van der Waals surface area contributed by atoms with E-state index in [1.807, 2.05) is 47.5 Å². The molecule has 0 spiro atoms. The number of hydrogen-bond donors (Lipinski definition) is 2. The maximum atomic E-state index is 13.4. The van der Waals surface area contributed by atoms with Crippen LogP contribution in [0, 0.1) is 0 Å². The Morgan fingerprint density at radius 3 is 2.86 bits per heavy atom. The van der Waals surface area contributed by atoms with Gasteiger partial charge < -0.3 is 19.7 Å². The molecule has 1 fully saturated rings. The van der Waals surface area contributed by atoms with Gasteiger partial charge in [-0.25, -0.2) is 4.98 Å². The van der Waals surface area contributed by atoms with E-state index in [-0.39, 0.29) is 5.91 Å². The summed E-state index contributed by atoms with van der Waals surface area (Å²) in [5, 5.41) is 12.7. The van der Waals surface area contributed by atoms with Crippen molar-refractivity contribution in [3.8, 4) is 16.9 Å². The number of ether oxygens (including phenoxy) is 1. The van der Waals surface area contributed by atoms with Crippen molar-refractivity contribution >= 4 is 28.5 Å². The zero-order valence-corrected chi connectivity index (χ0v) is 19.8. The lowest BCUT2D eigenvalue weighted by molar-refractivity contribution is -0.142. The van der Waals surface area contributed by atoms with E-state index in [2.05, 4.69) is 15.0 Å². The number of rotatable bonds is 4. The fourth-order valence-corrected chi connectivity index (χ4v) is 5.51. The van der Waals surface area contributed by atoms with E-state index in [0.29, 0.717) is 49.5 Å². The number of H-pyrrole nitrogens is 1. The molecule has 2 aliphatic rings. The molecule has 2 aliphatic heterocycles. The molecule has 0 radical (unpaired) electrons. The number of fused-ring (bicyclic) bond motifs is 2. The van der Waals surface area contributed by atoms with Gasteiger partial charge in [-0.05, 0) is 54.3 Å². The van der Waals surface area contributed by atoms with Crippen molar-refractivity contribution in [3.63, 3.8) is 0 Å². The minimum atomic E-state index is -0.830. The highest BCUT2D eigenvalue weighted by Crippen LogP contribution is 2.43. The number of likely N-dealkylation sites (tertiary alicyclic amines) is 1. The van der Waals surface area contributed by atoms with Crippen molar-refractivity contribution in [1.29, 1.82) is 0 Å². The predicted molar refractivity (Wildman–Crippen MR) is 133 cm³/mol. The first-order valence-electron chi connectivity index (χ1n) is 11.8. The Hall–Kier alpha value is -3.42. The average Bonchev–Trinajstić information content (AvgIpc) is 3.51. The topological polar surface area (TPSA) is 91.3 Å². The normalized spacial score (nSPS) is 18.9. The van der Waals surface area contributed by atoms with Gasteiger partial charge in [0.1, 0.15) is 11.4 Å². The zero-order valence-electron chi connectivity index (χ0n) is 19.1. The number of aromatic amines is 1. The van der Waals surface area contributed by atoms with Gasteiger partial charge in [0, 0.05) is 72.3 Å². The highest BCUT2D eigenvalue weighted by Gasteiger charge is 2.39. The lowest BCUT2D eigenvalue weighted by atomic mass is 9.85. The molecular formula is C27H25ClN4O3. The molecule has 1 unspecified atom stereocenters. The number of benzene rings is 1. The molecule has 7 nitrogen and oxygen atoms in total. The summed E-state index contributed by atoms with van der Waals surface area (Å²) in [5.74, 6) is 0.653. The van der Waals surface area contributed by atoms with Crippen LogP contribution in [0.25, 0.3) is 22.2 Å². The molecule has 4 aromatic rings. The summed E-state index contributed by atoms with van der Waals surface area (Å²) in [6.45, 7) is 0.988. The van der Waals surface area contributed by atoms with E-state index in [4.69, 9.17) is 16.3 Å². The van der Waals surface area contributed by atoms with Gasteiger partial charge in [0.15, 0.2) is 6.10 Å². The third-order valence-electron chi connectivity index (χ3n) is 7.08. The minimum Gasteiger partial charge on any atom is -0.479 e. The maximum Gasteiger partial charge on any atom is 0.263 e. The van der Waals surface area contributed by atoms with E-state index in [9.17, 15) is 9.90 Å². The molecule has 1 atom stereocenters. The van der Waals surface area contributed by atoms with Gasteiger partial charge in [-0.15, -0.1) is 0 Å². The van der Waals surface area contributed by atoms with Crippen molar-refractivity contribution in [2.45, 2.75) is 37.4 Å². The Kier molecular flexibility index (Phi) is 5.46. The van der Waals surface area contributed by atoms with Gasteiger partial charge >= 0.3 is 0 Å². The smallest absolute Gasteiger partial charge is 0.263 e. The highest BCUT2D eigenvalue weighted by atomic mass is 35.5. The van der Waals surface area contributed by atoms with E-state index in [1.165, 1.54) is 0 Å². The lowest BCUT2D eigenvalue weighted by Crippen LogP contribution is -2.51. The van der Waals surface area contributed by atoms with Crippen molar-refractivity contribution < 1.29 is 14.6 Å². The lowest BCUT2D eigenvalue weighted by Gasteiger charge is -2.39. The third-order valence-corrected chi connectivity index (χ3v) is 7.30. The second-order valence-corrected chi connectivity index (χ2v) is 9.87. The van der Waals surface area contributed by atoms with Gasteiger partial charge in [-0.2, -0.15) is 0 Å². The summed E-state index contributed by atoms with van der Waals surface area (Å²) < 4.78 is 6.28. The molecule has 1 saturated heterocycles. The van der Waals surface area contributed by atoms with Crippen LogP contribution < -0.4 is 4.74 Å². The summed E-state index contributed by atoms with van der Waals surface area (Å²) >= 11 is 6.47. The molecule has 0 saturated carbocycles. The van der Waals surface area contributed by atoms with Crippen LogP contribution in [0.1, 0.15) is 24.0 Å². The van der Waals surface area contributed by atoms with Crippen LogP contribution in [0.2, 0.25) is 5.02 Å². The van der Waals surface area contributed by atoms with Crippen LogP contribution in [0.5, 0.6) is 5.75 Å². The predicted octanol–water partition coefficient (Wildman–Crippen LogP) is 4.18. The molecule has 5 heterocycles. The van der Waals surface area contributed by atoms with Crippen molar-refractivity contribution in [2.24, 2.45) is 0 Å². The second-order valence-electron chi connectivity index (χ2n) is 9.44. The number of aliphatic hydroxyl groups is 1.